The van der Waals surface area contributed by atoms with E-state index in [9.17, 15) is 0 Å². The van der Waals surface area contributed by atoms with Crippen molar-refractivity contribution in [1.29, 1.82) is 0 Å². The molecule has 0 bridgehead atoms. The Hall–Kier alpha value is -5.98. The summed E-state index contributed by atoms with van der Waals surface area (Å²) in [6, 6.07) is 52.2. The Labute approximate surface area is 269 Å². The molecule has 0 aliphatic rings. The molecule has 9 rings (SSSR count). The summed E-state index contributed by atoms with van der Waals surface area (Å²) in [6.07, 6.45) is 0. The van der Waals surface area contributed by atoms with Crippen molar-refractivity contribution in [3.05, 3.63) is 152 Å². The number of rotatable bonds is 5. The zero-order valence-electron chi connectivity index (χ0n) is 24.6. The van der Waals surface area contributed by atoms with Gasteiger partial charge in [-0.25, -0.2) is 19.9 Å². The normalized spacial score (nSPS) is 11.5. The number of thiazole rings is 1. The molecule has 0 saturated heterocycles. The number of aromatic nitrogens is 5. The highest BCUT2D eigenvalue weighted by Crippen LogP contribution is 2.37. The van der Waals surface area contributed by atoms with Gasteiger partial charge >= 0.3 is 0 Å². The van der Waals surface area contributed by atoms with Gasteiger partial charge in [-0.1, -0.05) is 103 Å². The highest BCUT2D eigenvalue weighted by atomic mass is 32.1. The minimum atomic E-state index is 0.639. The second kappa shape index (κ2) is 10.9. The van der Waals surface area contributed by atoms with Crippen LogP contribution in [0, 0.1) is 0 Å². The van der Waals surface area contributed by atoms with Gasteiger partial charge in [-0.05, 0) is 48.5 Å². The summed E-state index contributed by atoms with van der Waals surface area (Å²) in [7, 11) is 0. The molecule has 46 heavy (non-hydrogen) atoms. The molecule has 0 aliphatic heterocycles. The zero-order valence-corrected chi connectivity index (χ0v) is 25.4. The molecule has 6 heteroatoms. The first-order chi connectivity index (χ1) is 22.8. The van der Waals surface area contributed by atoms with E-state index in [0.29, 0.717) is 17.5 Å². The number of nitrogens with zero attached hydrogens (tertiary/aromatic N) is 5. The molecule has 9 aromatic rings. The van der Waals surface area contributed by atoms with Crippen molar-refractivity contribution in [2.45, 2.75) is 0 Å². The highest BCUT2D eigenvalue weighted by molar-refractivity contribution is 7.21. The maximum absolute atomic E-state index is 4.94. The predicted octanol–water partition coefficient (Wildman–Crippen LogP) is 10.2. The molecule has 0 radical (unpaired) electrons. The first-order valence-corrected chi connectivity index (χ1v) is 16.0. The Morgan fingerprint density at radius 2 is 0.957 bits per heavy atom. The standard InChI is InChI=1S/C40H25N5S/c1-3-11-26(12-4-1)37-42-38(27-13-5-2-6-14-27)44-39(43-37)28-19-22-30(23-20-28)45-34-17-9-7-15-31(34)32-24-21-29(25-35(32)45)40-41-33-16-8-10-18-36(33)46-40/h1-25H. The fourth-order valence-corrected chi connectivity index (χ4v) is 7.04. The zero-order chi connectivity index (χ0) is 30.5. The van der Waals surface area contributed by atoms with Crippen molar-refractivity contribution in [2.24, 2.45) is 0 Å². The number of hydrogen-bond acceptors (Lipinski definition) is 5. The highest BCUT2D eigenvalue weighted by Gasteiger charge is 2.16. The van der Waals surface area contributed by atoms with Crippen LogP contribution in [-0.4, -0.2) is 24.5 Å². The van der Waals surface area contributed by atoms with Crippen LogP contribution in [0.3, 0.4) is 0 Å². The van der Waals surface area contributed by atoms with Crippen molar-refractivity contribution in [2.75, 3.05) is 0 Å². The van der Waals surface area contributed by atoms with E-state index in [-0.39, 0.29) is 0 Å². The van der Waals surface area contributed by atoms with Crippen LogP contribution < -0.4 is 0 Å². The van der Waals surface area contributed by atoms with Crippen LogP contribution in [0.25, 0.3) is 82.4 Å². The number of para-hydroxylation sites is 2. The van der Waals surface area contributed by atoms with E-state index in [1.807, 2.05) is 66.7 Å². The van der Waals surface area contributed by atoms with Crippen molar-refractivity contribution in [1.82, 2.24) is 24.5 Å². The number of hydrogen-bond donors (Lipinski definition) is 0. The minimum absolute atomic E-state index is 0.639. The topological polar surface area (TPSA) is 56.5 Å². The summed E-state index contributed by atoms with van der Waals surface area (Å²) in [6.45, 7) is 0. The first-order valence-electron chi connectivity index (χ1n) is 15.2. The molecule has 0 unspecified atom stereocenters. The Kier molecular flexibility index (Phi) is 6.25. The third-order valence-corrected chi connectivity index (χ3v) is 9.38. The summed E-state index contributed by atoms with van der Waals surface area (Å²) < 4.78 is 3.53. The average Bonchev–Trinajstić information content (AvgIpc) is 3.72. The molecule has 0 amide bonds. The molecule has 6 aromatic carbocycles. The van der Waals surface area contributed by atoms with Gasteiger partial charge in [-0.15, -0.1) is 11.3 Å². The lowest BCUT2D eigenvalue weighted by atomic mass is 10.1. The van der Waals surface area contributed by atoms with Crippen molar-refractivity contribution in [3.8, 4) is 50.4 Å². The maximum Gasteiger partial charge on any atom is 0.164 e. The quantitative estimate of drug-likeness (QED) is 0.195. The third kappa shape index (κ3) is 4.55. The van der Waals surface area contributed by atoms with Crippen LogP contribution in [0.5, 0.6) is 0 Å². The molecule has 0 spiro atoms. The molecule has 0 atom stereocenters. The van der Waals surface area contributed by atoms with Crippen LogP contribution in [0.4, 0.5) is 0 Å². The van der Waals surface area contributed by atoms with E-state index in [1.54, 1.807) is 11.3 Å². The molecule has 5 nitrogen and oxygen atoms in total. The van der Waals surface area contributed by atoms with Gasteiger partial charge in [0, 0.05) is 38.7 Å². The monoisotopic (exact) mass is 607 g/mol. The van der Waals surface area contributed by atoms with Crippen LogP contribution in [0.1, 0.15) is 0 Å². The van der Waals surface area contributed by atoms with Gasteiger partial charge in [0.15, 0.2) is 17.5 Å². The van der Waals surface area contributed by atoms with E-state index < -0.39 is 0 Å². The van der Waals surface area contributed by atoms with Gasteiger partial charge in [0.2, 0.25) is 0 Å². The van der Waals surface area contributed by atoms with Crippen LogP contribution in [0.2, 0.25) is 0 Å². The van der Waals surface area contributed by atoms with E-state index in [4.69, 9.17) is 19.9 Å². The van der Waals surface area contributed by atoms with E-state index >= 15 is 0 Å². The molecular formula is C40H25N5S. The Morgan fingerprint density at radius 3 is 1.63 bits per heavy atom. The average molecular weight is 608 g/mol. The van der Waals surface area contributed by atoms with Gasteiger partial charge in [0.05, 0.1) is 21.3 Å². The van der Waals surface area contributed by atoms with Gasteiger partial charge in [0.1, 0.15) is 5.01 Å². The molecule has 3 heterocycles. The Bertz CT molecular complexity index is 2430. The van der Waals surface area contributed by atoms with Gasteiger partial charge in [-0.3, -0.25) is 0 Å². The predicted molar refractivity (Wildman–Crippen MR) is 189 cm³/mol. The van der Waals surface area contributed by atoms with E-state index in [1.165, 1.54) is 15.5 Å². The fraction of sp³-hybridized carbons (Fsp3) is 0. The number of benzene rings is 6. The SMILES string of the molecule is c1ccc(-c2nc(-c3ccccc3)nc(-c3ccc(-n4c5ccccc5c5ccc(-c6nc7ccccc7s6)cc54)cc3)n2)cc1. The molecule has 3 aromatic heterocycles. The largest absolute Gasteiger partial charge is 0.309 e. The van der Waals surface area contributed by atoms with Crippen LogP contribution in [0.15, 0.2) is 152 Å². The second-order valence-corrected chi connectivity index (χ2v) is 12.2. The van der Waals surface area contributed by atoms with Gasteiger partial charge in [-0.2, -0.15) is 0 Å². The van der Waals surface area contributed by atoms with Crippen molar-refractivity contribution >= 4 is 43.4 Å². The molecule has 216 valence electrons. The van der Waals surface area contributed by atoms with Gasteiger partial charge in [0.25, 0.3) is 0 Å². The fourth-order valence-electron chi connectivity index (χ4n) is 6.07. The lowest BCUT2D eigenvalue weighted by Crippen LogP contribution is -2.00. The lowest BCUT2D eigenvalue weighted by Gasteiger charge is -2.11. The molecule has 0 fully saturated rings. The smallest absolute Gasteiger partial charge is 0.164 e. The van der Waals surface area contributed by atoms with Crippen LogP contribution in [-0.2, 0) is 0 Å². The summed E-state index contributed by atoms with van der Waals surface area (Å²) in [4.78, 5) is 19.6. The summed E-state index contributed by atoms with van der Waals surface area (Å²) in [5, 5.41) is 3.45. The maximum atomic E-state index is 4.94. The molecular weight excluding hydrogens is 583 g/mol. The molecule has 0 N–H and O–H groups in total. The van der Waals surface area contributed by atoms with E-state index in [0.717, 1.165) is 49.5 Å². The lowest BCUT2D eigenvalue weighted by molar-refractivity contribution is 1.07. The molecule has 0 saturated carbocycles. The summed E-state index contributed by atoms with van der Waals surface area (Å²) in [5.41, 5.74) is 8.34. The van der Waals surface area contributed by atoms with Crippen molar-refractivity contribution in [3.63, 3.8) is 0 Å². The minimum Gasteiger partial charge on any atom is -0.309 e. The van der Waals surface area contributed by atoms with E-state index in [2.05, 4.69) is 89.5 Å². The molecule has 0 aliphatic carbocycles. The van der Waals surface area contributed by atoms with Gasteiger partial charge < -0.3 is 4.57 Å². The Morgan fingerprint density at radius 1 is 0.413 bits per heavy atom. The number of fused-ring (bicyclic) bond motifs is 4. The summed E-state index contributed by atoms with van der Waals surface area (Å²) >= 11 is 1.73. The first kappa shape index (κ1) is 26.4. The second-order valence-electron chi connectivity index (χ2n) is 11.2. The Balaban J connectivity index is 1.17. The van der Waals surface area contributed by atoms with Crippen LogP contribution >= 0.6 is 11.3 Å². The summed E-state index contributed by atoms with van der Waals surface area (Å²) in [5.74, 6) is 1.94. The third-order valence-electron chi connectivity index (χ3n) is 8.30. The van der Waals surface area contributed by atoms with Crippen molar-refractivity contribution < 1.29 is 0 Å².